The molecular weight excluding hydrogens is 461 g/mol. The van der Waals surface area contributed by atoms with Gasteiger partial charge in [0.1, 0.15) is 5.82 Å². The third kappa shape index (κ3) is 7.42. The van der Waals surface area contributed by atoms with Gasteiger partial charge in [0.15, 0.2) is 0 Å². The van der Waals surface area contributed by atoms with E-state index in [1.165, 1.54) is 34.6 Å². The Kier molecular flexibility index (Phi) is 10.3. The van der Waals surface area contributed by atoms with Gasteiger partial charge in [0.2, 0.25) is 15.9 Å². The fourth-order valence-corrected chi connectivity index (χ4v) is 4.64. The first-order chi connectivity index (χ1) is 16.2. The van der Waals surface area contributed by atoms with Gasteiger partial charge in [0.05, 0.1) is 28.5 Å². The van der Waals surface area contributed by atoms with Crippen LogP contribution in [0.1, 0.15) is 33.6 Å². The van der Waals surface area contributed by atoms with Gasteiger partial charge in [0.25, 0.3) is 0 Å². The molecule has 0 radical (unpaired) electrons. The van der Waals surface area contributed by atoms with Gasteiger partial charge in [-0.2, -0.15) is 4.31 Å². The number of para-hydroxylation sites is 1. The van der Waals surface area contributed by atoms with E-state index in [9.17, 15) is 22.4 Å². The monoisotopic (exact) mass is 493 g/mol. The Morgan fingerprint density at radius 2 is 1.65 bits per heavy atom. The first-order valence-electron chi connectivity index (χ1n) is 11.2. The number of anilines is 3. The summed E-state index contributed by atoms with van der Waals surface area (Å²) in [5, 5.41) is 10.5. The maximum atomic E-state index is 13.7. The van der Waals surface area contributed by atoms with Gasteiger partial charge in [-0.25, -0.2) is 17.6 Å². The summed E-state index contributed by atoms with van der Waals surface area (Å²) in [5.74, 6) is -1.30. The summed E-state index contributed by atoms with van der Waals surface area (Å²) in [6.45, 7) is 6.61. The van der Waals surface area contributed by atoms with Crippen LogP contribution in [-0.2, 0) is 14.8 Å². The van der Waals surface area contributed by atoms with Gasteiger partial charge in [0, 0.05) is 19.6 Å². The van der Waals surface area contributed by atoms with Crippen LogP contribution >= 0.6 is 0 Å². The van der Waals surface area contributed by atoms with E-state index in [1.54, 1.807) is 26.0 Å². The summed E-state index contributed by atoms with van der Waals surface area (Å²) in [6, 6.07) is 9.35. The lowest BCUT2D eigenvalue weighted by Gasteiger charge is -2.20. The standard InChI is InChI=1S/C23H32FN5O4S/c1-4-7-14-25-20-13-12-17(34(32,33)29(5-2)6-3)15-21(20)26-16-22(30)28-23(31)27-19-11-9-8-10-18(19)24/h8-13,15,25-26H,4-7,14,16H2,1-3H3,(H2,27,28,30,31). The van der Waals surface area contributed by atoms with Crippen LogP contribution in [0.15, 0.2) is 47.4 Å². The van der Waals surface area contributed by atoms with Gasteiger partial charge in [-0.3, -0.25) is 10.1 Å². The first-order valence-corrected chi connectivity index (χ1v) is 12.6. The van der Waals surface area contributed by atoms with Crippen LogP contribution in [0.3, 0.4) is 0 Å². The van der Waals surface area contributed by atoms with E-state index >= 15 is 0 Å². The SMILES string of the molecule is CCCCNc1ccc(S(=O)(=O)N(CC)CC)cc1NCC(=O)NC(=O)Nc1ccccc1F. The molecule has 0 aliphatic heterocycles. The summed E-state index contributed by atoms with van der Waals surface area (Å²) < 4.78 is 40.9. The summed E-state index contributed by atoms with van der Waals surface area (Å²) >= 11 is 0. The van der Waals surface area contributed by atoms with E-state index in [4.69, 9.17) is 0 Å². The number of carbonyl (C=O) groups excluding carboxylic acids is 2. The average Bonchev–Trinajstić information content (AvgIpc) is 2.80. The number of urea groups is 1. The van der Waals surface area contributed by atoms with Crippen molar-refractivity contribution in [2.45, 2.75) is 38.5 Å². The maximum Gasteiger partial charge on any atom is 0.326 e. The van der Waals surface area contributed by atoms with Crippen molar-refractivity contribution in [2.75, 3.05) is 42.1 Å². The van der Waals surface area contributed by atoms with Gasteiger partial charge in [-0.05, 0) is 36.8 Å². The molecule has 0 aliphatic carbocycles. The number of nitrogens with one attached hydrogen (secondary N) is 4. The smallest absolute Gasteiger partial charge is 0.326 e. The lowest BCUT2D eigenvalue weighted by Crippen LogP contribution is -2.38. The van der Waals surface area contributed by atoms with Crippen LogP contribution in [0.25, 0.3) is 0 Å². The van der Waals surface area contributed by atoms with E-state index in [-0.39, 0.29) is 17.1 Å². The number of hydrogen-bond donors (Lipinski definition) is 4. The largest absolute Gasteiger partial charge is 0.383 e. The molecule has 0 unspecified atom stereocenters. The predicted octanol–water partition coefficient (Wildman–Crippen LogP) is 3.83. The van der Waals surface area contributed by atoms with Gasteiger partial charge in [-0.1, -0.05) is 39.3 Å². The minimum Gasteiger partial charge on any atom is -0.383 e. The molecule has 2 rings (SSSR count). The predicted molar refractivity (Wildman–Crippen MR) is 132 cm³/mol. The molecule has 0 saturated carbocycles. The minimum atomic E-state index is -3.70. The third-order valence-electron chi connectivity index (χ3n) is 4.99. The lowest BCUT2D eigenvalue weighted by molar-refractivity contribution is -0.118. The number of imide groups is 1. The zero-order valence-electron chi connectivity index (χ0n) is 19.7. The van der Waals surface area contributed by atoms with Crippen LogP contribution in [0.4, 0.5) is 26.2 Å². The van der Waals surface area contributed by atoms with Crippen LogP contribution in [0.5, 0.6) is 0 Å². The van der Waals surface area contributed by atoms with Crippen molar-refractivity contribution in [3.05, 3.63) is 48.3 Å². The second-order valence-corrected chi connectivity index (χ2v) is 9.35. The Hall–Kier alpha value is -3.18. The molecule has 3 amide bonds. The molecule has 186 valence electrons. The number of hydrogen-bond acceptors (Lipinski definition) is 6. The van der Waals surface area contributed by atoms with Crippen LogP contribution < -0.4 is 21.3 Å². The van der Waals surface area contributed by atoms with Crippen LogP contribution in [-0.4, -0.2) is 50.8 Å². The van der Waals surface area contributed by atoms with Crippen molar-refractivity contribution < 1.29 is 22.4 Å². The highest BCUT2D eigenvalue weighted by Crippen LogP contribution is 2.27. The van der Waals surface area contributed by atoms with Crippen molar-refractivity contribution >= 4 is 39.0 Å². The van der Waals surface area contributed by atoms with Crippen molar-refractivity contribution in [1.82, 2.24) is 9.62 Å². The molecule has 2 aromatic carbocycles. The Labute approximate surface area is 200 Å². The van der Waals surface area contributed by atoms with E-state index in [0.29, 0.717) is 31.0 Å². The summed E-state index contributed by atoms with van der Waals surface area (Å²) in [4.78, 5) is 24.4. The van der Waals surface area contributed by atoms with Gasteiger partial charge >= 0.3 is 6.03 Å². The number of benzene rings is 2. The first kappa shape index (κ1) is 27.1. The Bertz CT molecular complexity index is 1090. The Morgan fingerprint density at radius 1 is 0.941 bits per heavy atom. The molecule has 0 fully saturated rings. The molecule has 0 aliphatic rings. The number of unbranched alkanes of at least 4 members (excludes halogenated alkanes) is 1. The number of rotatable bonds is 12. The van der Waals surface area contributed by atoms with Crippen LogP contribution in [0.2, 0.25) is 0 Å². The molecule has 34 heavy (non-hydrogen) atoms. The quantitative estimate of drug-likeness (QED) is 0.334. The van der Waals surface area contributed by atoms with E-state index < -0.39 is 27.8 Å². The number of amides is 3. The highest BCUT2D eigenvalue weighted by atomic mass is 32.2. The molecule has 0 heterocycles. The molecule has 0 aromatic heterocycles. The Balaban J connectivity index is 2.13. The zero-order chi connectivity index (χ0) is 25.1. The number of carbonyl (C=O) groups is 2. The second-order valence-electron chi connectivity index (χ2n) is 7.41. The van der Waals surface area contributed by atoms with Crippen LogP contribution in [0, 0.1) is 5.82 Å². The van der Waals surface area contributed by atoms with Gasteiger partial charge < -0.3 is 16.0 Å². The van der Waals surface area contributed by atoms with Gasteiger partial charge in [-0.15, -0.1) is 0 Å². The zero-order valence-corrected chi connectivity index (χ0v) is 20.5. The van der Waals surface area contributed by atoms with Crippen molar-refractivity contribution in [1.29, 1.82) is 0 Å². The number of sulfonamides is 1. The maximum absolute atomic E-state index is 13.7. The van der Waals surface area contributed by atoms with E-state index in [1.807, 2.05) is 0 Å². The minimum absolute atomic E-state index is 0.0579. The molecule has 0 atom stereocenters. The Morgan fingerprint density at radius 3 is 2.29 bits per heavy atom. The lowest BCUT2D eigenvalue weighted by atomic mass is 10.2. The van der Waals surface area contributed by atoms with E-state index in [0.717, 1.165) is 12.8 Å². The highest BCUT2D eigenvalue weighted by molar-refractivity contribution is 7.89. The third-order valence-corrected chi connectivity index (χ3v) is 7.04. The molecule has 0 bridgehead atoms. The highest BCUT2D eigenvalue weighted by Gasteiger charge is 2.23. The number of nitrogens with zero attached hydrogens (tertiary/aromatic N) is 1. The second kappa shape index (κ2) is 12.9. The molecule has 2 aromatic rings. The molecule has 9 nitrogen and oxygen atoms in total. The van der Waals surface area contributed by atoms with Crippen molar-refractivity contribution in [3.63, 3.8) is 0 Å². The average molecular weight is 494 g/mol. The molecule has 11 heteroatoms. The normalized spacial score (nSPS) is 11.2. The van der Waals surface area contributed by atoms with Crippen molar-refractivity contribution in [3.8, 4) is 0 Å². The molecular formula is C23H32FN5O4S. The molecule has 0 saturated heterocycles. The fraction of sp³-hybridized carbons (Fsp3) is 0.391. The van der Waals surface area contributed by atoms with E-state index in [2.05, 4.69) is 28.2 Å². The topological polar surface area (TPSA) is 120 Å². The molecule has 4 N–H and O–H groups in total. The summed E-state index contributed by atoms with van der Waals surface area (Å²) in [7, 11) is -3.70. The van der Waals surface area contributed by atoms with Crippen molar-refractivity contribution in [2.24, 2.45) is 0 Å². The number of halogens is 1. The fourth-order valence-electron chi connectivity index (χ4n) is 3.16. The summed E-state index contributed by atoms with van der Waals surface area (Å²) in [6.07, 6.45) is 1.89. The summed E-state index contributed by atoms with van der Waals surface area (Å²) in [5.41, 5.74) is 0.988. The molecule has 0 spiro atoms.